The van der Waals surface area contributed by atoms with Crippen molar-refractivity contribution < 1.29 is 24.2 Å². The Morgan fingerprint density at radius 1 is 1.00 bits per heavy atom. The largest absolute Gasteiger partial charge is 0.464 e. The number of carbonyl (C=O) groups excluding carboxylic acids is 2. The lowest BCUT2D eigenvalue weighted by Crippen LogP contribution is -2.40. The first-order chi connectivity index (χ1) is 12.5. The molecule has 1 atom stereocenters. The Morgan fingerprint density at radius 2 is 1.62 bits per heavy atom. The lowest BCUT2D eigenvalue weighted by molar-refractivity contribution is -0.167. The maximum absolute atomic E-state index is 12.2. The fourth-order valence-corrected chi connectivity index (χ4v) is 2.26. The van der Waals surface area contributed by atoms with E-state index in [1.165, 1.54) is 6.08 Å². The molecule has 0 aliphatic carbocycles. The van der Waals surface area contributed by atoms with E-state index < -0.39 is 24.0 Å². The quantitative estimate of drug-likeness (QED) is 0.738. The molecule has 0 aliphatic rings. The van der Waals surface area contributed by atoms with E-state index >= 15 is 0 Å². The summed E-state index contributed by atoms with van der Waals surface area (Å²) < 4.78 is 10.1. The van der Waals surface area contributed by atoms with E-state index in [0.29, 0.717) is 0 Å². The van der Waals surface area contributed by atoms with Gasteiger partial charge in [-0.05, 0) is 24.1 Å². The number of benzene rings is 2. The third kappa shape index (κ3) is 5.86. The lowest BCUT2D eigenvalue weighted by atomic mass is 9.98. The molecule has 1 N–H and O–H groups in total. The van der Waals surface area contributed by atoms with Crippen LogP contribution in [0.15, 0.2) is 66.7 Å². The summed E-state index contributed by atoms with van der Waals surface area (Å²) in [6.45, 7) is 1.80. The Morgan fingerprint density at radius 3 is 2.23 bits per heavy atom. The van der Waals surface area contributed by atoms with Gasteiger partial charge in [-0.25, -0.2) is 4.79 Å². The van der Waals surface area contributed by atoms with Gasteiger partial charge in [-0.2, -0.15) is 0 Å². The summed E-state index contributed by atoms with van der Waals surface area (Å²) in [4.78, 5) is 24.3. The van der Waals surface area contributed by atoms with Crippen molar-refractivity contribution in [2.75, 3.05) is 6.61 Å². The van der Waals surface area contributed by atoms with E-state index in [-0.39, 0.29) is 13.2 Å². The zero-order chi connectivity index (χ0) is 18.8. The number of esters is 2. The van der Waals surface area contributed by atoms with Crippen LogP contribution in [0.4, 0.5) is 0 Å². The molecule has 0 unspecified atom stereocenters. The molecule has 0 aromatic heterocycles. The molecule has 0 fully saturated rings. The van der Waals surface area contributed by atoms with Crippen molar-refractivity contribution in [2.24, 2.45) is 0 Å². The minimum Gasteiger partial charge on any atom is -0.464 e. The molecule has 5 nitrogen and oxygen atoms in total. The molecular formula is C21H22O5. The topological polar surface area (TPSA) is 72.8 Å². The highest BCUT2D eigenvalue weighted by Crippen LogP contribution is 2.19. The Balaban J connectivity index is 2.07. The molecule has 0 saturated carbocycles. The minimum atomic E-state index is -2.08. The van der Waals surface area contributed by atoms with E-state index in [0.717, 1.165) is 11.1 Å². The number of hydrogen-bond acceptors (Lipinski definition) is 5. The Labute approximate surface area is 152 Å². The zero-order valence-electron chi connectivity index (χ0n) is 14.6. The van der Waals surface area contributed by atoms with Gasteiger partial charge in [-0.15, -0.1) is 0 Å². The van der Waals surface area contributed by atoms with Crippen LogP contribution in [-0.2, 0) is 25.7 Å². The van der Waals surface area contributed by atoms with Crippen LogP contribution < -0.4 is 0 Å². The maximum atomic E-state index is 12.2. The van der Waals surface area contributed by atoms with Crippen LogP contribution in [0.5, 0.6) is 0 Å². The first-order valence-electron chi connectivity index (χ1n) is 8.37. The summed E-state index contributed by atoms with van der Waals surface area (Å²) in [5, 5.41) is 10.7. The van der Waals surface area contributed by atoms with Crippen molar-refractivity contribution in [1.82, 2.24) is 0 Å². The van der Waals surface area contributed by atoms with Crippen molar-refractivity contribution in [1.29, 1.82) is 0 Å². The molecule has 136 valence electrons. The van der Waals surface area contributed by atoms with Gasteiger partial charge in [0, 0.05) is 0 Å². The Bertz CT molecular complexity index is 740. The van der Waals surface area contributed by atoms with Gasteiger partial charge in [-0.1, -0.05) is 66.7 Å². The second-order valence-electron chi connectivity index (χ2n) is 5.71. The van der Waals surface area contributed by atoms with Crippen LogP contribution in [0.25, 0.3) is 6.08 Å². The third-order valence-corrected chi connectivity index (χ3v) is 3.64. The van der Waals surface area contributed by atoms with E-state index in [9.17, 15) is 14.7 Å². The van der Waals surface area contributed by atoms with Crippen molar-refractivity contribution in [2.45, 2.75) is 25.6 Å². The minimum absolute atomic E-state index is 0.0704. The predicted molar refractivity (Wildman–Crippen MR) is 97.9 cm³/mol. The van der Waals surface area contributed by atoms with Gasteiger partial charge in [-0.3, -0.25) is 4.79 Å². The van der Waals surface area contributed by atoms with Gasteiger partial charge in [0.2, 0.25) is 0 Å². The normalized spacial score (nSPS) is 13.2. The first kappa shape index (κ1) is 19.4. The Kier molecular flexibility index (Phi) is 7.12. The van der Waals surface area contributed by atoms with E-state index in [2.05, 4.69) is 0 Å². The third-order valence-electron chi connectivity index (χ3n) is 3.64. The van der Waals surface area contributed by atoms with Gasteiger partial charge in [0.1, 0.15) is 6.61 Å². The molecule has 0 spiro atoms. The van der Waals surface area contributed by atoms with Gasteiger partial charge in [0.15, 0.2) is 5.60 Å². The smallest absolute Gasteiger partial charge is 0.342 e. The number of hydrogen-bond donors (Lipinski definition) is 1. The van der Waals surface area contributed by atoms with Crippen LogP contribution in [0, 0.1) is 0 Å². The molecule has 2 rings (SSSR count). The second-order valence-corrected chi connectivity index (χ2v) is 5.71. The van der Waals surface area contributed by atoms with E-state index in [1.807, 2.05) is 60.7 Å². The molecule has 2 aromatic carbocycles. The maximum Gasteiger partial charge on any atom is 0.342 e. The Hall–Kier alpha value is -2.92. The van der Waals surface area contributed by atoms with Crippen molar-refractivity contribution in [3.05, 3.63) is 77.9 Å². The van der Waals surface area contributed by atoms with E-state index in [4.69, 9.17) is 9.47 Å². The van der Waals surface area contributed by atoms with Crippen molar-refractivity contribution >= 4 is 18.0 Å². The van der Waals surface area contributed by atoms with E-state index in [1.54, 1.807) is 13.0 Å². The second kappa shape index (κ2) is 9.53. The summed E-state index contributed by atoms with van der Waals surface area (Å²) in [6, 6.07) is 18.3. The van der Waals surface area contributed by atoms with Gasteiger partial charge in [0.25, 0.3) is 0 Å². The molecule has 0 aliphatic heterocycles. The highest BCUT2D eigenvalue weighted by molar-refractivity contribution is 5.88. The standard InChI is InChI=1S/C21H22O5/c1-2-25-20(23)21(24,14-13-17-9-5-3-6-10-17)15-19(22)26-16-18-11-7-4-8-12-18/h3-14,24H,2,15-16H2,1H3/b14-13+/t21-/m1/s1. The summed E-state index contributed by atoms with van der Waals surface area (Å²) in [6.07, 6.45) is 2.31. The predicted octanol–water partition coefficient (Wildman–Crippen LogP) is 3.13. The highest BCUT2D eigenvalue weighted by atomic mass is 16.6. The summed E-state index contributed by atoms with van der Waals surface area (Å²) >= 11 is 0. The summed E-state index contributed by atoms with van der Waals surface area (Å²) in [7, 11) is 0. The fourth-order valence-electron chi connectivity index (χ4n) is 2.26. The summed E-state index contributed by atoms with van der Waals surface area (Å²) in [5.74, 6) is -1.58. The van der Waals surface area contributed by atoms with Crippen LogP contribution >= 0.6 is 0 Å². The molecule has 5 heteroatoms. The summed E-state index contributed by atoms with van der Waals surface area (Å²) in [5.41, 5.74) is -0.479. The zero-order valence-corrected chi connectivity index (χ0v) is 14.6. The van der Waals surface area contributed by atoms with Gasteiger partial charge < -0.3 is 14.6 Å². The molecular weight excluding hydrogens is 332 g/mol. The fraction of sp³-hybridized carbons (Fsp3) is 0.238. The molecule has 0 radical (unpaired) electrons. The van der Waals surface area contributed by atoms with Gasteiger partial charge in [0.05, 0.1) is 13.0 Å². The monoisotopic (exact) mass is 354 g/mol. The number of carbonyl (C=O) groups is 2. The van der Waals surface area contributed by atoms with Crippen LogP contribution in [0.2, 0.25) is 0 Å². The van der Waals surface area contributed by atoms with Crippen LogP contribution in [-0.4, -0.2) is 29.3 Å². The molecule has 0 heterocycles. The molecule has 2 aromatic rings. The number of aliphatic hydroxyl groups is 1. The number of rotatable bonds is 8. The average molecular weight is 354 g/mol. The first-order valence-corrected chi connectivity index (χ1v) is 8.37. The molecule has 0 bridgehead atoms. The molecule has 0 amide bonds. The molecule has 26 heavy (non-hydrogen) atoms. The average Bonchev–Trinajstić information content (AvgIpc) is 2.67. The molecule has 0 saturated heterocycles. The SMILES string of the molecule is CCOC(=O)[C@@](O)(/C=C/c1ccccc1)CC(=O)OCc1ccccc1. The lowest BCUT2D eigenvalue weighted by Gasteiger charge is -2.21. The highest BCUT2D eigenvalue weighted by Gasteiger charge is 2.38. The van der Waals surface area contributed by atoms with Crippen molar-refractivity contribution in [3.63, 3.8) is 0 Å². The van der Waals surface area contributed by atoms with Crippen LogP contribution in [0.3, 0.4) is 0 Å². The van der Waals surface area contributed by atoms with Gasteiger partial charge >= 0.3 is 11.9 Å². The van der Waals surface area contributed by atoms with Crippen LogP contribution in [0.1, 0.15) is 24.5 Å². The number of ether oxygens (including phenoxy) is 2. The van der Waals surface area contributed by atoms with Crippen molar-refractivity contribution in [3.8, 4) is 0 Å².